The van der Waals surface area contributed by atoms with Crippen molar-refractivity contribution in [2.24, 2.45) is 0 Å². The van der Waals surface area contributed by atoms with E-state index in [0.29, 0.717) is 23.4 Å². The minimum Gasteiger partial charge on any atom is -0.454 e. The van der Waals surface area contributed by atoms with Crippen LogP contribution in [-0.2, 0) is 6.54 Å². The summed E-state index contributed by atoms with van der Waals surface area (Å²) in [5, 5.41) is 11.0. The molecule has 0 aliphatic carbocycles. The van der Waals surface area contributed by atoms with Gasteiger partial charge in [0.25, 0.3) is 11.8 Å². The van der Waals surface area contributed by atoms with Gasteiger partial charge in [-0.2, -0.15) is 28.1 Å². The van der Waals surface area contributed by atoms with Gasteiger partial charge >= 0.3 is 12.2 Å². The fourth-order valence-corrected chi connectivity index (χ4v) is 2.90. The molecule has 13 heteroatoms. The second-order valence-corrected chi connectivity index (χ2v) is 7.36. The van der Waals surface area contributed by atoms with E-state index in [1.165, 1.54) is 7.05 Å². The van der Waals surface area contributed by atoms with Crippen LogP contribution >= 0.6 is 0 Å². The number of rotatable bonds is 10. The van der Waals surface area contributed by atoms with Gasteiger partial charge in [-0.15, -0.1) is 0 Å². The third-order valence-corrected chi connectivity index (χ3v) is 4.61. The fourth-order valence-electron chi connectivity index (χ4n) is 2.90. The Hall–Kier alpha value is -4.42. The van der Waals surface area contributed by atoms with Crippen LogP contribution in [0.25, 0.3) is 0 Å². The largest absolute Gasteiger partial charge is 0.454 e. The standard InChI is InChI=1S/C23H24F3N7O3/c1-3-28-19(35)16-8-10-17(11-9-16)30-21-31-20(32-22(33-21)36-13-23(24,25)26)29-12-14-4-6-15(7-5-14)18(34)27-2/h4-11H,3,12-13H2,1-2H3,(H,27,34)(H,28,35)(H2,29,30,31,32,33). The lowest BCUT2D eigenvalue weighted by Crippen LogP contribution is -2.22. The molecule has 1 heterocycles. The maximum absolute atomic E-state index is 12.6. The van der Waals surface area contributed by atoms with Crippen molar-refractivity contribution in [2.45, 2.75) is 19.6 Å². The summed E-state index contributed by atoms with van der Waals surface area (Å²) in [6, 6.07) is 12.6. The SMILES string of the molecule is CCNC(=O)c1ccc(Nc2nc(NCc3ccc(C(=O)NC)cc3)nc(OCC(F)(F)F)n2)cc1. The van der Waals surface area contributed by atoms with Gasteiger partial charge in [0.1, 0.15) is 0 Å². The predicted octanol–water partition coefficient (Wildman–Crippen LogP) is 3.28. The number of alkyl halides is 3. The first-order valence-electron chi connectivity index (χ1n) is 10.8. The molecule has 0 fully saturated rings. The van der Waals surface area contributed by atoms with E-state index in [1.807, 2.05) is 0 Å². The Labute approximate surface area is 204 Å². The monoisotopic (exact) mass is 503 g/mol. The first kappa shape index (κ1) is 26.2. The molecule has 36 heavy (non-hydrogen) atoms. The molecule has 190 valence electrons. The Kier molecular flexibility index (Phi) is 8.60. The van der Waals surface area contributed by atoms with Gasteiger partial charge in [-0.1, -0.05) is 12.1 Å². The van der Waals surface area contributed by atoms with Crippen molar-refractivity contribution in [2.75, 3.05) is 30.8 Å². The van der Waals surface area contributed by atoms with Crippen LogP contribution in [0.15, 0.2) is 48.5 Å². The number of nitrogens with one attached hydrogen (secondary N) is 4. The number of halogens is 3. The molecule has 0 aliphatic rings. The molecule has 0 saturated carbocycles. The van der Waals surface area contributed by atoms with Crippen molar-refractivity contribution < 1.29 is 27.5 Å². The van der Waals surface area contributed by atoms with Crippen LogP contribution in [0.5, 0.6) is 6.01 Å². The second kappa shape index (κ2) is 11.8. The van der Waals surface area contributed by atoms with Gasteiger partial charge in [0.15, 0.2) is 6.61 Å². The number of benzene rings is 2. The lowest BCUT2D eigenvalue weighted by molar-refractivity contribution is -0.154. The molecule has 0 spiro atoms. The zero-order valence-electron chi connectivity index (χ0n) is 19.4. The van der Waals surface area contributed by atoms with Gasteiger partial charge in [0.2, 0.25) is 11.9 Å². The van der Waals surface area contributed by atoms with Crippen molar-refractivity contribution in [3.05, 3.63) is 65.2 Å². The summed E-state index contributed by atoms with van der Waals surface area (Å²) in [7, 11) is 1.53. The van der Waals surface area contributed by atoms with E-state index in [9.17, 15) is 22.8 Å². The normalized spacial score (nSPS) is 10.9. The number of aromatic nitrogens is 3. The van der Waals surface area contributed by atoms with Gasteiger partial charge < -0.3 is 26.0 Å². The molecule has 0 atom stereocenters. The molecule has 4 N–H and O–H groups in total. The molecule has 0 radical (unpaired) electrons. The molecule has 10 nitrogen and oxygen atoms in total. The van der Waals surface area contributed by atoms with Crippen LogP contribution in [0.2, 0.25) is 0 Å². The quantitative estimate of drug-likeness (QED) is 0.332. The molecule has 3 aromatic rings. The molecule has 2 amide bonds. The van der Waals surface area contributed by atoms with Crippen molar-refractivity contribution in [1.82, 2.24) is 25.6 Å². The van der Waals surface area contributed by atoms with Crippen LogP contribution in [-0.4, -0.2) is 53.1 Å². The van der Waals surface area contributed by atoms with Gasteiger partial charge in [-0.05, 0) is 48.9 Å². The zero-order chi connectivity index (χ0) is 26.1. The molecule has 3 rings (SSSR count). The van der Waals surface area contributed by atoms with Crippen LogP contribution in [0.4, 0.5) is 30.8 Å². The lowest BCUT2D eigenvalue weighted by atomic mass is 10.1. The van der Waals surface area contributed by atoms with Gasteiger partial charge in [0.05, 0.1) is 0 Å². The Balaban J connectivity index is 1.76. The van der Waals surface area contributed by atoms with E-state index < -0.39 is 18.8 Å². The summed E-state index contributed by atoms with van der Waals surface area (Å²) in [5.41, 5.74) is 2.19. The molecule has 0 saturated heterocycles. The summed E-state index contributed by atoms with van der Waals surface area (Å²) in [4.78, 5) is 35.6. The second-order valence-electron chi connectivity index (χ2n) is 7.36. The Morgan fingerprint density at radius 1 is 0.889 bits per heavy atom. The average Bonchev–Trinajstić information content (AvgIpc) is 2.86. The number of hydrogen-bond donors (Lipinski definition) is 4. The summed E-state index contributed by atoms with van der Waals surface area (Å²) in [5.74, 6) is -0.556. The number of hydrogen-bond acceptors (Lipinski definition) is 8. The molecular weight excluding hydrogens is 479 g/mol. The smallest absolute Gasteiger partial charge is 0.422 e. The third kappa shape index (κ3) is 7.82. The summed E-state index contributed by atoms with van der Waals surface area (Å²) in [6.45, 7) is 0.937. The Bertz CT molecular complexity index is 1190. The van der Waals surface area contributed by atoms with Crippen molar-refractivity contribution in [3.8, 4) is 6.01 Å². The third-order valence-electron chi connectivity index (χ3n) is 4.61. The summed E-state index contributed by atoms with van der Waals surface area (Å²) in [6.07, 6.45) is -4.57. The van der Waals surface area contributed by atoms with E-state index in [-0.39, 0.29) is 30.3 Å². The minimum absolute atomic E-state index is 0.0287. The fraction of sp³-hybridized carbons (Fsp3) is 0.261. The van der Waals surface area contributed by atoms with Crippen LogP contribution < -0.4 is 26.0 Å². The van der Waals surface area contributed by atoms with E-state index in [1.54, 1.807) is 55.5 Å². The molecule has 0 unspecified atom stereocenters. The van der Waals surface area contributed by atoms with Crippen LogP contribution in [0.3, 0.4) is 0 Å². The van der Waals surface area contributed by atoms with Gasteiger partial charge in [-0.3, -0.25) is 9.59 Å². The predicted molar refractivity (Wildman–Crippen MR) is 126 cm³/mol. The molecule has 0 bridgehead atoms. The van der Waals surface area contributed by atoms with Gasteiger partial charge in [0, 0.05) is 37.0 Å². The molecule has 0 aliphatic heterocycles. The Morgan fingerprint density at radius 3 is 2.11 bits per heavy atom. The average molecular weight is 503 g/mol. The van der Waals surface area contributed by atoms with Crippen LogP contribution in [0.1, 0.15) is 33.2 Å². The number of carbonyl (C=O) groups is 2. The maximum Gasteiger partial charge on any atom is 0.422 e. The lowest BCUT2D eigenvalue weighted by Gasteiger charge is -2.12. The number of carbonyl (C=O) groups excluding carboxylic acids is 2. The summed E-state index contributed by atoms with van der Waals surface area (Å²) < 4.78 is 42.6. The number of ether oxygens (including phenoxy) is 1. The van der Waals surface area contributed by atoms with Crippen LogP contribution in [0, 0.1) is 0 Å². The van der Waals surface area contributed by atoms with Gasteiger partial charge in [-0.25, -0.2) is 0 Å². The highest BCUT2D eigenvalue weighted by molar-refractivity contribution is 5.94. The van der Waals surface area contributed by atoms with Crippen molar-refractivity contribution in [3.63, 3.8) is 0 Å². The number of anilines is 3. The minimum atomic E-state index is -4.57. The molecule has 2 aromatic carbocycles. The highest BCUT2D eigenvalue weighted by Crippen LogP contribution is 2.20. The van der Waals surface area contributed by atoms with E-state index in [2.05, 4.69) is 36.2 Å². The Morgan fingerprint density at radius 2 is 1.50 bits per heavy atom. The van der Waals surface area contributed by atoms with Crippen molar-refractivity contribution >= 4 is 29.4 Å². The van der Waals surface area contributed by atoms with E-state index >= 15 is 0 Å². The molecule has 1 aromatic heterocycles. The highest BCUT2D eigenvalue weighted by Gasteiger charge is 2.29. The number of nitrogens with zero attached hydrogens (tertiary/aromatic N) is 3. The molecular formula is C23H24F3N7O3. The zero-order valence-corrected chi connectivity index (χ0v) is 19.4. The number of amides is 2. The first-order chi connectivity index (χ1) is 17.2. The summed E-state index contributed by atoms with van der Waals surface area (Å²) >= 11 is 0. The van der Waals surface area contributed by atoms with E-state index in [4.69, 9.17) is 4.74 Å². The first-order valence-corrected chi connectivity index (χ1v) is 10.8. The highest BCUT2D eigenvalue weighted by atomic mass is 19.4. The van der Waals surface area contributed by atoms with Crippen molar-refractivity contribution in [1.29, 1.82) is 0 Å². The maximum atomic E-state index is 12.6. The van der Waals surface area contributed by atoms with E-state index in [0.717, 1.165) is 5.56 Å². The topological polar surface area (TPSA) is 130 Å².